The quantitative estimate of drug-likeness (QED) is 0.121. The highest BCUT2D eigenvalue weighted by Gasteiger charge is 2.31. The number of hydrogen-bond acceptors (Lipinski definition) is 6. The van der Waals surface area contributed by atoms with Gasteiger partial charge in [0.1, 0.15) is 0 Å². The van der Waals surface area contributed by atoms with Gasteiger partial charge in [0.05, 0.1) is 11.4 Å². The third kappa shape index (κ3) is 5.10. The minimum atomic E-state index is -0.480. The molecule has 0 bridgehead atoms. The van der Waals surface area contributed by atoms with Crippen LogP contribution in [-0.4, -0.2) is 9.13 Å². The Balaban J connectivity index is 1.33. The van der Waals surface area contributed by atoms with E-state index in [1.54, 1.807) is 36.4 Å². The summed E-state index contributed by atoms with van der Waals surface area (Å²) in [5, 5.41) is 10.2. The van der Waals surface area contributed by atoms with Crippen molar-refractivity contribution in [2.24, 2.45) is 0 Å². The van der Waals surface area contributed by atoms with E-state index in [0.29, 0.717) is 86.8 Å². The Morgan fingerprint density at radius 3 is 1.04 bits per heavy atom. The first-order valence-electron chi connectivity index (χ1n) is 24.3. The van der Waals surface area contributed by atoms with Crippen molar-refractivity contribution in [1.82, 2.24) is 9.13 Å². The minimum Gasteiger partial charge on any atom is -0.289 e. The molecule has 0 aliphatic heterocycles. The van der Waals surface area contributed by atoms with Gasteiger partial charge in [-0.05, 0) is 125 Å². The first-order chi connectivity index (χ1) is 33.6. The van der Waals surface area contributed by atoms with Crippen molar-refractivity contribution < 1.29 is 0 Å². The molecule has 8 nitrogen and oxygen atoms in total. The van der Waals surface area contributed by atoms with Crippen LogP contribution in [0.3, 0.4) is 0 Å². The van der Waals surface area contributed by atoms with Gasteiger partial charge in [-0.2, -0.15) is 0 Å². The zero-order chi connectivity index (χ0) is 48.7. The standard InChI is InChI=1S/C62H46N2O6/c1-27(2)31-15-11-16-32(28(3)4)55(31)63-59(67)41-23-20-35-36-21-24-42-49-46(62(70)64(60(42)68)56-33(29(5)6)17-12-18-34(56)30(7)8)26-44-47-37(19-22-40-54(47)58(66)39-14-10-9-13-38(39)57(40)65)43-25-45(61(63)69)48(41)50(35)52(43)53(44)51(36)49/h9-30H,1-8H3. The average Bonchev–Trinajstić information content (AvgIpc) is 3.35. The largest absolute Gasteiger partial charge is 0.289 e. The Bertz CT molecular complexity index is 4800. The Morgan fingerprint density at radius 1 is 0.271 bits per heavy atom. The van der Waals surface area contributed by atoms with E-state index in [4.69, 9.17) is 0 Å². The lowest BCUT2D eigenvalue weighted by atomic mass is 9.79. The molecule has 0 unspecified atom stereocenters. The summed E-state index contributed by atoms with van der Waals surface area (Å²) in [6.45, 7) is 16.5. The van der Waals surface area contributed by atoms with Crippen LogP contribution in [0.5, 0.6) is 0 Å². The van der Waals surface area contributed by atoms with Crippen molar-refractivity contribution >= 4 is 108 Å². The minimum absolute atomic E-state index is 0.000682. The van der Waals surface area contributed by atoms with E-state index in [9.17, 15) is 4.79 Å². The third-order valence-corrected chi connectivity index (χ3v) is 15.6. The molecular formula is C62H46N2O6. The molecule has 70 heavy (non-hydrogen) atoms. The predicted molar refractivity (Wildman–Crippen MR) is 290 cm³/mol. The number of pyridine rings is 2. The topological polar surface area (TPSA) is 112 Å². The molecule has 0 saturated heterocycles. The molecular weight excluding hydrogens is 869 g/mol. The number of aromatic nitrogens is 2. The Hall–Kier alpha value is -8.10. The molecule has 0 N–H and O–H groups in total. The summed E-state index contributed by atoms with van der Waals surface area (Å²) in [7, 11) is 0. The van der Waals surface area contributed by atoms with Crippen molar-refractivity contribution in [3.8, 4) is 11.4 Å². The summed E-state index contributed by atoms with van der Waals surface area (Å²) >= 11 is 0. The average molecular weight is 915 g/mol. The molecule has 340 valence electrons. The molecule has 13 aromatic rings. The Morgan fingerprint density at radius 2 is 0.600 bits per heavy atom. The SMILES string of the molecule is CC(C)c1cccc(C(C)C)c1-n1c(=O)c2ccc3c4ccc5c(=O)n(-c6c(C(C)C)cccc6C(C)C)c(=O)c6cc7c8c(ccc9c(=O)c%10ccccc%10c(=O)c98)c8cc(c1=O)c2c3c8c7c4c56. The molecule has 11 aromatic carbocycles. The van der Waals surface area contributed by atoms with Gasteiger partial charge < -0.3 is 0 Å². The second-order valence-electron chi connectivity index (χ2n) is 20.7. The molecule has 2 heterocycles. The van der Waals surface area contributed by atoms with Gasteiger partial charge in [-0.15, -0.1) is 0 Å². The van der Waals surface area contributed by atoms with Gasteiger partial charge in [-0.1, -0.05) is 134 Å². The number of nitrogens with zero attached hydrogens (tertiary/aromatic N) is 2. The fraction of sp³-hybridized carbons (Fsp3) is 0.194. The molecule has 0 radical (unpaired) electrons. The van der Waals surface area contributed by atoms with Crippen molar-refractivity contribution in [3.05, 3.63) is 193 Å². The van der Waals surface area contributed by atoms with Crippen molar-refractivity contribution in [1.29, 1.82) is 0 Å². The van der Waals surface area contributed by atoms with Crippen LogP contribution in [0.1, 0.15) is 101 Å². The number of fused-ring (bicyclic) bond motifs is 7. The highest BCUT2D eigenvalue weighted by atomic mass is 16.2. The molecule has 0 spiro atoms. The van der Waals surface area contributed by atoms with Crippen LogP contribution in [0.15, 0.2) is 138 Å². The van der Waals surface area contributed by atoms with Gasteiger partial charge in [0.15, 0.2) is 10.9 Å². The second-order valence-corrected chi connectivity index (χ2v) is 20.7. The van der Waals surface area contributed by atoms with Gasteiger partial charge in [-0.25, -0.2) is 9.13 Å². The van der Waals surface area contributed by atoms with Crippen molar-refractivity contribution in [3.63, 3.8) is 0 Å². The Kier molecular flexibility index (Phi) is 8.55. The summed E-state index contributed by atoms with van der Waals surface area (Å²) in [6.07, 6.45) is 0. The van der Waals surface area contributed by atoms with Crippen LogP contribution in [0.2, 0.25) is 0 Å². The van der Waals surface area contributed by atoms with E-state index in [1.165, 1.54) is 9.13 Å². The first kappa shape index (κ1) is 42.0. The molecule has 0 aliphatic carbocycles. The fourth-order valence-corrected chi connectivity index (χ4v) is 12.5. The molecule has 0 saturated carbocycles. The van der Waals surface area contributed by atoms with Crippen LogP contribution >= 0.6 is 0 Å². The molecule has 13 rings (SSSR count). The summed E-state index contributed by atoms with van der Waals surface area (Å²) in [6, 6.07) is 33.5. The zero-order valence-corrected chi connectivity index (χ0v) is 40.0. The van der Waals surface area contributed by atoms with Gasteiger partial charge >= 0.3 is 0 Å². The monoisotopic (exact) mass is 914 g/mol. The second kappa shape index (κ2) is 14.2. The van der Waals surface area contributed by atoms with Gasteiger partial charge in [0.2, 0.25) is 0 Å². The van der Waals surface area contributed by atoms with Crippen molar-refractivity contribution in [2.75, 3.05) is 0 Å². The van der Waals surface area contributed by atoms with E-state index >= 15 is 24.0 Å². The highest BCUT2D eigenvalue weighted by Crippen LogP contribution is 2.51. The van der Waals surface area contributed by atoms with Gasteiger partial charge in [-0.3, -0.25) is 28.8 Å². The van der Waals surface area contributed by atoms with Crippen LogP contribution in [0, 0.1) is 0 Å². The number of rotatable bonds is 6. The number of hydrogen-bond donors (Lipinski definition) is 0. The predicted octanol–water partition coefficient (Wildman–Crippen LogP) is 12.6. The molecule has 0 amide bonds. The van der Waals surface area contributed by atoms with Crippen LogP contribution < -0.4 is 33.1 Å². The maximum Gasteiger partial charge on any atom is 0.266 e. The lowest BCUT2D eigenvalue weighted by Crippen LogP contribution is -2.34. The van der Waals surface area contributed by atoms with E-state index in [2.05, 4.69) is 55.4 Å². The van der Waals surface area contributed by atoms with Crippen LogP contribution in [0.4, 0.5) is 0 Å². The summed E-state index contributed by atoms with van der Waals surface area (Å²) < 4.78 is 2.72. The summed E-state index contributed by atoms with van der Waals surface area (Å²) in [5.74, 6) is -0.0225. The number of benzene rings is 11. The van der Waals surface area contributed by atoms with E-state index in [0.717, 1.165) is 38.4 Å². The van der Waals surface area contributed by atoms with E-state index < -0.39 is 22.2 Å². The maximum absolute atomic E-state index is 15.7. The van der Waals surface area contributed by atoms with Gasteiger partial charge in [0.25, 0.3) is 22.2 Å². The fourth-order valence-electron chi connectivity index (χ4n) is 12.5. The zero-order valence-electron chi connectivity index (χ0n) is 40.0. The van der Waals surface area contributed by atoms with Gasteiger partial charge in [0, 0.05) is 59.2 Å². The third-order valence-electron chi connectivity index (χ3n) is 15.6. The van der Waals surface area contributed by atoms with Crippen LogP contribution in [-0.2, 0) is 0 Å². The summed E-state index contributed by atoms with van der Waals surface area (Å²) in [4.78, 5) is 91.6. The van der Waals surface area contributed by atoms with E-state index in [-0.39, 0.29) is 50.7 Å². The van der Waals surface area contributed by atoms with Crippen LogP contribution in [0.25, 0.3) is 119 Å². The summed E-state index contributed by atoms with van der Waals surface area (Å²) in [5.41, 5.74) is 2.32. The molecule has 0 fully saturated rings. The van der Waals surface area contributed by atoms with E-state index in [1.807, 2.05) is 72.8 Å². The van der Waals surface area contributed by atoms with Crippen molar-refractivity contribution in [2.45, 2.75) is 79.1 Å². The maximum atomic E-state index is 15.7. The first-order valence-corrected chi connectivity index (χ1v) is 24.3. The lowest BCUT2D eigenvalue weighted by molar-refractivity contribution is 0.792. The smallest absolute Gasteiger partial charge is 0.266 e. The molecule has 0 aliphatic rings. The molecule has 8 heteroatoms. The lowest BCUT2D eigenvalue weighted by Gasteiger charge is -2.25. The normalized spacial score (nSPS) is 12.9. The molecule has 2 aromatic heterocycles. The molecule has 0 atom stereocenters. The Labute approximate surface area is 399 Å². The highest BCUT2D eigenvalue weighted by molar-refractivity contribution is 6.50. The number of para-hydroxylation sites is 2.